The third kappa shape index (κ3) is 5.26. The molecule has 0 heterocycles. The van der Waals surface area contributed by atoms with E-state index in [0.717, 1.165) is 12.0 Å². The van der Waals surface area contributed by atoms with Crippen molar-refractivity contribution in [2.24, 2.45) is 11.8 Å². The van der Waals surface area contributed by atoms with E-state index in [4.69, 9.17) is 14.2 Å². The number of esters is 1. The van der Waals surface area contributed by atoms with Crippen LogP contribution in [0.4, 0.5) is 4.39 Å². The van der Waals surface area contributed by atoms with Crippen LogP contribution in [0.15, 0.2) is 36.4 Å². The fourth-order valence-electron chi connectivity index (χ4n) is 3.34. The summed E-state index contributed by atoms with van der Waals surface area (Å²) in [5.74, 6) is 0.730. The number of carbonyl (C=O) groups excluding carboxylic acids is 1. The lowest BCUT2D eigenvalue weighted by molar-refractivity contribution is -0.142. The van der Waals surface area contributed by atoms with E-state index in [0.29, 0.717) is 35.7 Å². The Morgan fingerprint density at radius 3 is 2.72 bits per heavy atom. The molecule has 3 rings (SSSR count). The van der Waals surface area contributed by atoms with Crippen LogP contribution in [0.2, 0.25) is 0 Å². The quantitative estimate of drug-likeness (QED) is 0.642. The van der Waals surface area contributed by atoms with Gasteiger partial charge in [0.1, 0.15) is 17.3 Å². The number of benzene rings is 2. The van der Waals surface area contributed by atoms with Gasteiger partial charge in [-0.3, -0.25) is 4.79 Å². The maximum absolute atomic E-state index is 14.4. The van der Waals surface area contributed by atoms with Crippen LogP contribution in [0, 0.1) is 17.7 Å². The van der Waals surface area contributed by atoms with Gasteiger partial charge in [-0.15, -0.1) is 0 Å². The van der Waals surface area contributed by atoms with E-state index in [1.807, 2.05) is 19.9 Å². The van der Waals surface area contributed by atoms with Crippen molar-refractivity contribution in [1.29, 1.82) is 0 Å². The highest BCUT2D eigenvalue weighted by Gasteiger charge is 2.44. The molecule has 1 saturated carbocycles. The first-order valence-corrected chi connectivity index (χ1v) is 9.84. The largest absolute Gasteiger partial charge is 0.493 e. The molecule has 5 nitrogen and oxygen atoms in total. The summed E-state index contributed by atoms with van der Waals surface area (Å²) in [6.45, 7) is 4.19. The highest BCUT2D eigenvalue weighted by Crippen LogP contribution is 2.40. The number of rotatable bonds is 9. The number of carbonyl (C=O) groups is 1. The van der Waals surface area contributed by atoms with Crippen molar-refractivity contribution in [3.63, 3.8) is 0 Å². The summed E-state index contributed by atoms with van der Waals surface area (Å²) >= 11 is 0. The van der Waals surface area contributed by atoms with Gasteiger partial charge in [0.25, 0.3) is 0 Å². The van der Waals surface area contributed by atoms with Crippen LogP contribution in [0.1, 0.15) is 25.8 Å². The lowest BCUT2D eigenvalue weighted by Crippen LogP contribution is -2.09. The second-order valence-corrected chi connectivity index (χ2v) is 7.54. The molecule has 0 amide bonds. The predicted octanol–water partition coefficient (Wildman–Crippen LogP) is 4.00. The summed E-state index contributed by atoms with van der Waals surface area (Å²) in [4.78, 5) is 11.5. The average molecular weight is 402 g/mol. The molecule has 6 heteroatoms. The van der Waals surface area contributed by atoms with E-state index in [2.05, 4.69) is 0 Å². The molecule has 156 valence electrons. The maximum Gasteiger partial charge on any atom is 0.309 e. The number of methoxy groups -OCH3 is 1. The first kappa shape index (κ1) is 21.1. The molecule has 1 aliphatic rings. The van der Waals surface area contributed by atoms with E-state index >= 15 is 0 Å². The molecule has 2 aromatic carbocycles. The standard InChI is InChI=1S/C23H27FO5/c1-14(2)29-18-5-6-21(24)19(12-18)15-4-7-22(16(10-15)8-9-25)28-13-17-11-20(17)23(26)27-3/h4-7,10,12,14,17,20,25H,8-9,11,13H2,1-3H3/t17-,20+/m0/s1. The fourth-order valence-corrected chi connectivity index (χ4v) is 3.34. The summed E-state index contributed by atoms with van der Waals surface area (Å²) in [5.41, 5.74) is 1.91. The average Bonchev–Trinajstić information content (AvgIpc) is 3.47. The minimum Gasteiger partial charge on any atom is -0.493 e. The zero-order valence-electron chi connectivity index (χ0n) is 17.0. The first-order chi connectivity index (χ1) is 13.9. The SMILES string of the molecule is COC(=O)[C@@H]1C[C@H]1COc1ccc(-c2cc(OC(C)C)ccc2F)cc1CCO. The Morgan fingerprint density at radius 1 is 1.24 bits per heavy atom. The molecule has 1 aliphatic carbocycles. The summed E-state index contributed by atoms with van der Waals surface area (Å²) in [6.07, 6.45) is 1.14. The first-order valence-electron chi connectivity index (χ1n) is 9.84. The molecule has 0 radical (unpaired) electrons. The molecule has 0 bridgehead atoms. The van der Waals surface area contributed by atoms with Crippen molar-refractivity contribution in [1.82, 2.24) is 0 Å². The molecule has 1 N–H and O–H groups in total. The normalized spacial score (nSPS) is 17.9. The Morgan fingerprint density at radius 2 is 2.03 bits per heavy atom. The zero-order valence-corrected chi connectivity index (χ0v) is 17.0. The fraction of sp³-hybridized carbons (Fsp3) is 0.435. The molecule has 0 saturated heterocycles. The lowest BCUT2D eigenvalue weighted by atomic mass is 10.00. The predicted molar refractivity (Wildman–Crippen MR) is 107 cm³/mol. The number of aliphatic hydroxyl groups is 1. The summed E-state index contributed by atoms with van der Waals surface area (Å²) in [7, 11) is 1.39. The maximum atomic E-state index is 14.4. The monoisotopic (exact) mass is 402 g/mol. The van der Waals surface area contributed by atoms with Gasteiger partial charge in [-0.2, -0.15) is 0 Å². The third-order valence-electron chi connectivity index (χ3n) is 4.94. The van der Waals surface area contributed by atoms with Crippen molar-refractivity contribution in [3.05, 3.63) is 47.8 Å². The molecule has 0 spiro atoms. The molecular weight excluding hydrogens is 375 g/mol. The van der Waals surface area contributed by atoms with E-state index < -0.39 is 0 Å². The van der Waals surface area contributed by atoms with Crippen molar-refractivity contribution in [3.8, 4) is 22.6 Å². The van der Waals surface area contributed by atoms with E-state index in [9.17, 15) is 14.3 Å². The second kappa shape index (κ2) is 9.27. The van der Waals surface area contributed by atoms with Gasteiger partial charge in [0.15, 0.2) is 0 Å². The lowest BCUT2D eigenvalue weighted by Gasteiger charge is -2.15. The van der Waals surface area contributed by atoms with E-state index in [-0.39, 0.29) is 36.3 Å². The Labute approximate surface area is 170 Å². The summed E-state index contributed by atoms with van der Waals surface area (Å²) < 4.78 is 30.8. The van der Waals surface area contributed by atoms with E-state index in [1.165, 1.54) is 13.2 Å². The Bertz CT molecular complexity index is 864. The summed E-state index contributed by atoms with van der Waals surface area (Å²) in [6, 6.07) is 10.1. The van der Waals surface area contributed by atoms with Crippen LogP contribution < -0.4 is 9.47 Å². The molecule has 2 aromatic rings. The molecule has 0 aromatic heterocycles. The van der Waals surface area contributed by atoms with Crippen molar-refractivity contribution >= 4 is 5.97 Å². The van der Waals surface area contributed by atoms with Crippen LogP contribution in [0.25, 0.3) is 11.1 Å². The molecule has 0 unspecified atom stereocenters. The van der Waals surface area contributed by atoms with Crippen molar-refractivity contribution in [2.75, 3.05) is 20.3 Å². The van der Waals surface area contributed by atoms with E-state index in [1.54, 1.807) is 24.3 Å². The zero-order chi connectivity index (χ0) is 21.0. The minimum absolute atomic E-state index is 0.00900. The highest BCUT2D eigenvalue weighted by atomic mass is 19.1. The second-order valence-electron chi connectivity index (χ2n) is 7.54. The highest BCUT2D eigenvalue weighted by molar-refractivity contribution is 5.75. The molecule has 1 fully saturated rings. The van der Waals surface area contributed by atoms with Gasteiger partial charge in [0, 0.05) is 18.1 Å². The van der Waals surface area contributed by atoms with Crippen LogP contribution in [0.5, 0.6) is 11.5 Å². The number of aliphatic hydroxyl groups excluding tert-OH is 1. The molecule has 0 aliphatic heterocycles. The number of hydrogen-bond acceptors (Lipinski definition) is 5. The molecule has 2 atom stereocenters. The number of halogens is 1. The summed E-state index contributed by atoms with van der Waals surface area (Å²) in [5, 5.41) is 9.43. The van der Waals surface area contributed by atoms with Gasteiger partial charge in [0.2, 0.25) is 0 Å². The van der Waals surface area contributed by atoms with Gasteiger partial charge in [0.05, 0.1) is 25.7 Å². The molecular formula is C23H27FO5. The Kier molecular flexibility index (Phi) is 6.75. The van der Waals surface area contributed by atoms with Crippen molar-refractivity contribution in [2.45, 2.75) is 32.8 Å². The van der Waals surface area contributed by atoms with Crippen LogP contribution >= 0.6 is 0 Å². The topological polar surface area (TPSA) is 65.0 Å². The van der Waals surface area contributed by atoms with Crippen LogP contribution in [0.3, 0.4) is 0 Å². The number of ether oxygens (including phenoxy) is 3. The van der Waals surface area contributed by atoms with Gasteiger partial charge in [-0.05, 0) is 68.1 Å². The third-order valence-corrected chi connectivity index (χ3v) is 4.94. The smallest absolute Gasteiger partial charge is 0.309 e. The van der Waals surface area contributed by atoms with Gasteiger partial charge < -0.3 is 19.3 Å². The minimum atomic E-state index is -0.344. The van der Waals surface area contributed by atoms with Crippen LogP contribution in [-0.4, -0.2) is 37.5 Å². The van der Waals surface area contributed by atoms with Gasteiger partial charge >= 0.3 is 5.97 Å². The van der Waals surface area contributed by atoms with Gasteiger partial charge in [-0.25, -0.2) is 4.39 Å². The number of hydrogen-bond donors (Lipinski definition) is 1. The van der Waals surface area contributed by atoms with Crippen molar-refractivity contribution < 1.29 is 28.5 Å². The van der Waals surface area contributed by atoms with Gasteiger partial charge in [-0.1, -0.05) is 6.07 Å². The Balaban J connectivity index is 1.78. The Hall–Kier alpha value is -2.60. The molecule has 29 heavy (non-hydrogen) atoms. The van der Waals surface area contributed by atoms with Crippen LogP contribution in [-0.2, 0) is 16.0 Å².